The molecule has 164 valence electrons. The Hall–Kier alpha value is -0.826. The normalized spacial score (nSPS) is 13.0. The van der Waals surface area contributed by atoms with Crippen LogP contribution in [0.15, 0.2) is 27.1 Å². The Labute approximate surface area is 202 Å². The highest BCUT2D eigenvalue weighted by atomic mass is 127. The summed E-state index contributed by atoms with van der Waals surface area (Å²) >= 11 is 2.52. The zero-order chi connectivity index (χ0) is 23.1. The van der Waals surface area contributed by atoms with Gasteiger partial charge in [0.2, 0.25) is 0 Å². The summed E-state index contributed by atoms with van der Waals surface area (Å²) in [5, 5.41) is 0. The molecule has 0 radical (unpaired) electrons. The molecule has 0 bridgehead atoms. The lowest BCUT2D eigenvalue weighted by atomic mass is 10.1. The van der Waals surface area contributed by atoms with Gasteiger partial charge in [0.05, 0.1) is 8.07 Å². The van der Waals surface area contributed by atoms with Crippen LogP contribution in [0.4, 0.5) is 0 Å². The Morgan fingerprint density at radius 3 is 1.93 bits per heavy atom. The van der Waals surface area contributed by atoms with E-state index in [9.17, 15) is 0 Å². The van der Waals surface area contributed by atoms with E-state index in [-0.39, 0.29) is 0 Å². The van der Waals surface area contributed by atoms with Gasteiger partial charge in [-0.25, -0.2) is 4.98 Å². The molecule has 0 fully saturated rings. The maximum atomic E-state index is 4.61. The molecule has 0 aromatic carbocycles. The van der Waals surface area contributed by atoms with E-state index in [1.165, 1.54) is 8.78 Å². The van der Waals surface area contributed by atoms with E-state index in [1.54, 1.807) is 0 Å². The number of hydrogen-bond acceptors (Lipinski definition) is 1. The Balaban J connectivity index is 3.21. The largest absolute Gasteiger partial charge is 0.247 e. The van der Waals surface area contributed by atoms with Crippen LogP contribution in [0.2, 0.25) is 36.3 Å². The Bertz CT molecular complexity index is 829. The second-order valence-corrected chi connectivity index (χ2v) is 22.8. The number of nitrogens with zero attached hydrogens (tertiary/aromatic N) is 1. The molecule has 30 heavy (non-hydrogen) atoms. The third kappa shape index (κ3) is 7.11. The molecule has 4 heteroatoms. The number of allylic oxidation sites excluding steroid dienone is 1. The van der Waals surface area contributed by atoms with Crippen molar-refractivity contribution in [3.05, 3.63) is 38.4 Å². The lowest BCUT2D eigenvalue weighted by molar-refractivity contribution is 0.838. The van der Waals surface area contributed by atoms with Crippen LogP contribution in [-0.2, 0) is 0 Å². The highest BCUT2D eigenvalue weighted by molar-refractivity contribution is 14.1. The van der Waals surface area contributed by atoms with Crippen molar-refractivity contribution in [1.82, 2.24) is 4.98 Å². The van der Waals surface area contributed by atoms with Gasteiger partial charge in [0.15, 0.2) is 0 Å². The van der Waals surface area contributed by atoms with Crippen LogP contribution < -0.4 is 0 Å². The van der Waals surface area contributed by atoms with E-state index >= 15 is 0 Å². The molecule has 0 aliphatic heterocycles. The van der Waals surface area contributed by atoms with Gasteiger partial charge in [-0.2, -0.15) is 0 Å². The number of hydrogen-bond donors (Lipinski definition) is 0. The van der Waals surface area contributed by atoms with Crippen LogP contribution in [-0.4, -0.2) is 21.1 Å². The van der Waals surface area contributed by atoms with Gasteiger partial charge in [0, 0.05) is 17.3 Å². The van der Waals surface area contributed by atoms with Crippen molar-refractivity contribution >= 4 is 38.7 Å². The standard InChI is InChI=1S/C26H40INSi2/c1-11-12-24(26(27)29(8,9)10)15-13-23-14-16-25(28-19-23)17-18-30(20(2)3,21(4)5)22(6)7/h14,16,19-22H,11-12H2,1-10H3. The van der Waals surface area contributed by atoms with Gasteiger partial charge in [-0.1, -0.05) is 115 Å². The molecule has 0 aliphatic carbocycles. The van der Waals surface area contributed by atoms with Crippen molar-refractivity contribution in [2.75, 3.05) is 0 Å². The molecule has 0 atom stereocenters. The molecule has 0 saturated carbocycles. The van der Waals surface area contributed by atoms with Crippen molar-refractivity contribution in [1.29, 1.82) is 0 Å². The number of pyridine rings is 1. The third-order valence-electron chi connectivity index (χ3n) is 5.82. The second kappa shape index (κ2) is 11.7. The molecule has 1 aromatic rings. The summed E-state index contributed by atoms with van der Waals surface area (Å²) in [6.07, 6.45) is 4.06. The fraction of sp³-hybridized carbons (Fsp3) is 0.577. The van der Waals surface area contributed by atoms with Crippen LogP contribution >= 0.6 is 22.6 Å². The first-order valence-corrected chi connectivity index (χ1v) is 18.1. The lowest BCUT2D eigenvalue weighted by Gasteiger charge is -2.38. The Morgan fingerprint density at radius 2 is 1.53 bits per heavy atom. The van der Waals surface area contributed by atoms with Gasteiger partial charge in [0.1, 0.15) is 13.8 Å². The van der Waals surface area contributed by atoms with Gasteiger partial charge in [-0.15, -0.1) is 5.54 Å². The van der Waals surface area contributed by atoms with Crippen molar-refractivity contribution < 1.29 is 0 Å². The van der Waals surface area contributed by atoms with Crippen LogP contribution in [0.5, 0.6) is 0 Å². The molecule has 1 rings (SSSR count). The molecule has 1 aromatic heterocycles. The molecule has 0 aliphatic rings. The fourth-order valence-electron chi connectivity index (χ4n) is 4.22. The van der Waals surface area contributed by atoms with Crippen LogP contribution in [0.3, 0.4) is 0 Å². The lowest BCUT2D eigenvalue weighted by Crippen LogP contribution is -2.43. The minimum Gasteiger partial charge on any atom is -0.247 e. The summed E-state index contributed by atoms with van der Waals surface area (Å²) in [5.41, 5.74) is 8.79. The highest BCUT2D eigenvalue weighted by Gasteiger charge is 2.41. The molecule has 1 nitrogen and oxygen atoms in total. The first-order valence-electron chi connectivity index (χ1n) is 11.3. The molecule has 0 amide bonds. The minimum atomic E-state index is -1.73. The van der Waals surface area contributed by atoms with Crippen LogP contribution in [0.25, 0.3) is 0 Å². The van der Waals surface area contributed by atoms with Gasteiger partial charge in [-0.05, 0) is 38.4 Å². The van der Waals surface area contributed by atoms with E-state index in [0.29, 0.717) is 16.6 Å². The Kier molecular flexibility index (Phi) is 10.6. The summed E-state index contributed by atoms with van der Waals surface area (Å²) in [4.78, 5) is 4.61. The second-order valence-electron chi connectivity index (χ2n) is 10.1. The third-order valence-corrected chi connectivity index (χ3v) is 19.2. The molecule has 0 saturated heterocycles. The van der Waals surface area contributed by atoms with Gasteiger partial charge < -0.3 is 0 Å². The summed E-state index contributed by atoms with van der Waals surface area (Å²) < 4.78 is 1.49. The van der Waals surface area contributed by atoms with Crippen molar-refractivity contribution in [2.45, 2.75) is 97.6 Å². The fourth-order valence-corrected chi connectivity index (χ4v) is 10.9. The maximum absolute atomic E-state index is 4.61. The first kappa shape index (κ1) is 27.2. The van der Waals surface area contributed by atoms with E-state index in [2.05, 4.69) is 125 Å². The predicted molar refractivity (Wildman–Crippen MR) is 148 cm³/mol. The maximum Gasteiger partial charge on any atom is 0.146 e. The van der Waals surface area contributed by atoms with Gasteiger partial charge in [-0.3, -0.25) is 0 Å². The predicted octanol–water partition coefficient (Wildman–Crippen LogP) is 8.37. The van der Waals surface area contributed by atoms with E-state index in [4.69, 9.17) is 0 Å². The summed E-state index contributed by atoms with van der Waals surface area (Å²) in [7, 11) is -3.06. The number of rotatable bonds is 6. The van der Waals surface area contributed by atoms with Gasteiger partial charge >= 0.3 is 0 Å². The smallest absolute Gasteiger partial charge is 0.146 e. The van der Waals surface area contributed by atoms with E-state index in [1.807, 2.05) is 12.3 Å². The average molecular weight is 550 g/mol. The Morgan fingerprint density at radius 1 is 0.967 bits per heavy atom. The summed E-state index contributed by atoms with van der Waals surface area (Å²) in [6, 6.07) is 4.10. The zero-order valence-electron chi connectivity index (χ0n) is 20.7. The summed E-state index contributed by atoms with van der Waals surface area (Å²) in [5.74, 6) is 10.2. The molecule has 1 heterocycles. The minimum absolute atomic E-state index is 0.632. The van der Waals surface area contributed by atoms with E-state index < -0.39 is 16.1 Å². The molecule has 0 N–H and O–H groups in total. The molecular weight excluding hydrogens is 509 g/mol. The van der Waals surface area contributed by atoms with E-state index in [0.717, 1.165) is 24.1 Å². The van der Waals surface area contributed by atoms with Crippen LogP contribution in [0, 0.1) is 23.3 Å². The first-order chi connectivity index (χ1) is 13.9. The molecule has 0 unspecified atom stereocenters. The average Bonchev–Trinajstić information content (AvgIpc) is 2.64. The molecule has 0 spiro atoms. The molecular formula is C26H40INSi2. The van der Waals surface area contributed by atoms with Crippen molar-refractivity contribution in [3.63, 3.8) is 0 Å². The van der Waals surface area contributed by atoms with Gasteiger partial charge in [0.25, 0.3) is 0 Å². The topological polar surface area (TPSA) is 12.9 Å². The highest BCUT2D eigenvalue weighted by Crippen LogP contribution is 2.40. The van der Waals surface area contributed by atoms with Crippen molar-refractivity contribution in [2.24, 2.45) is 0 Å². The SMILES string of the molecule is CCCC(C#Cc1ccc(C#C[Si](C(C)C)(C(C)C)C(C)C)nc1)=C(I)[Si](C)(C)C. The number of halogens is 1. The monoisotopic (exact) mass is 549 g/mol. The summed E-state index contributed by atoms with van der Waals surface area (Å²) in [6.45, 7) is 23.4. The zero-order valence-corrected chi connectivity index (χ0v) is 24.9. The van der Waals surface area contributed by atoms with Crippen LogP contribution in [0.1, 0.15) is 72.6 Å². The number of aromatic nitrogens is 1. The van der Waals surface area contributed by atoms with Crippen molar-refractivity contribution in [3.8, 4) is 23.3 Å². The quantitative estimate of drug-likeness (QED) is 0.197.